The van der Waals surface area contributed by atoms with E-state index >= 15 is 0 Å². The van der Waals surface area contributed by atoms with Crippen LogP contribution >= 0.6 is 0 Å². The summed E-state index contributed by atoms with van der Waals surface area (Å²) in [6.07, 6.45) is -4.36. The average Bonchev–Trinajstić information content (AvgIpc) is 2.40. The molecule has 0 saturated heterocycles. The Morgan fingerprint density at radius 1 is 1.00 bits per heavy atom. The quantitative estimate of drug-likeness (QED) is 0.863. The third-order valence-electron chi connectivity index (χ3n) is 3.02. The number of benzene rings is 2. The predicted octanol–water partition coefficient (Wildman–Crippen LogP) is 3.92. The number of nitrogens with two attached hydrogens (primary N) is 1. The molecule has 0 aliphatic heterocycles. The van der Waals surface area contributed by atoms with E-state index in [1.54, 1.807) is 30.1 Å². The van der Waals surface area contributed by atoms with Crippen LogP contribution in [0.25, 0.3) is 0 Å². The van der Waals surface area contributed by atoms with Crippen LogP contribution in [0.2, 0.25) is 0 Å². The van der Waals surface area contributed by atoms with Crippen molar-refractivity contribution in [3.8, 4) is 0 Å². The van der Waals surface area contributed by atoms with Crippen LogP contribution in [0.1, 0.15) is 11.1 Å². The highest BCUT2D eigenvalue weighted by molar-refractivity contribution is 5.55. The fourth-order valence-electron chi connectivity index (χ4n) is 2.03. The van der Waals surface area contributed by atoms with Gasteiger partial charge < -0.3 is 10.6 Å². The van der Waals surface area contributed by atoms with E-state index in [9.17, 15) is 13.2 Å². The van der Waals surface area contributed by atoms with Crippen molar-refractivity contribution in [3.05, 3.63) is 59.7 Å². The summed E-state index contributed by atoms with van der Waals surface area (Å²) in [5, 5.41) is 0. The molecule has 5 heteroatoms. The molecule has 0 aliphatic carbocycles. The highest BCUT2D eigenvalue weighted by atomic mass is 19.4. The number of nitrogen functional groups attached to an aromatic ring is 1. The first kappa shape index (κ1) is 14.2. The lowest BCUT2D eigenvalue weighted by molar-refractivity contribution is -0.137. The maximum Gasteiger partial charge on any atom is 0.418 e. The van der Waals surface area contributed by atoms with Crippen LogP contribution in [0.4, 0.5) is 24.5 Å². The topological polar surface area (TPSA) is 29.3 Å². The minimum atomic E-state index is -4.36. The van der Waals surface area contributed by atoms with Crippen LogP contribution in [-0.2, 0) is 12.7 Å². The molecule has 0 spiro atoms. The zero-order valence-electron chi connectivity index (χ0n) is 11.0. The number of para-hydroxylation sites is 1. The molecule has 0 radical (unpaired) electrons. The van der Waals surface area contributed by atoms with Gasteiger partial charge in [-0.1, -0.05) is 24.3 Å². The highest BCUT2D eigenvalue weighted by Gasteiger charge is 2.33. The number of halogens is 3. The zero-order valence-corrected chi connectivity index (χ0v) is 11.0. The van der Waals surface area contributed by atoms with Crippen molar-refractivity contribution in [2.45, 2.75) is 12.7 Å². The second-order valence-corrected chi connectivity index (χ2v) is 4.61. The Morgan fingerprint density at radius 3 is 2.20 bits per heavy atom. The second kappa shape index (κ2) is 5.45. The van der Waals surface area contributed by atoms with Gasteiger partial charge in [0.05, 0.1) is 5.56 Å². The Morgan fingerprint density at radius 2 is 1.60 bits per heavy atom. The van der Waals surface area contributed by atoms with Gasteiger partial charge in [0.15, 0.2) is 0 Å². The summed E-state index contributed by atoms with van der Waals surface area (Å²) in [6, 6.07) is 12.6. The number of alkyl halides is 3. The molecule has 0 fully saturated rings. The molecule has 2 rings (SSSR count). The molecule has 0 bridgehead atoms. The first-order valence-electron chi connectivity index (χ1n) is 6.09. The van der Waals surface area contributed by atoms with Crippen molar-refractivity contribution in [3.63, 3.8) is 0 Å². The van der Waals surface area contributed by atoms with E-state index < -0.39 is 11.7 Å². The molecule has 0 aliphatic rings. The standard InChI is InChI=1S/C15H15F3N2/c1-20(10-11-6-8-12(19)9-7-11)14-5-3-2-4-13(14)15(16,17)18/h2-9H,10,19H2,1H3. The summed E-state index contributed by atoms with van der Waals surface area (Å²) in [5.41, 5.74) is 6.66. The van der Waals surface area contributed by atoms with E-state index in [0.29, 0.717) is 12.2 Å². The highest BCUT2D eigenvalue weighted by Crippen LogP contribution is 2.36. The first-order chi connectivity index (χ1) is 9.38. The van der Waals surface area contributed by atoms with Gasteiger partial charge in [0.1, 0.15) is 0 Å². The molecular weight excluding hydrogens is 265 g/mol. The molecule has 2 N–H and O–H groups in total. The average molecular weight is 280 g/mol. The molecule has 2 aromatic rings. The van der Waals surface area contributed by atoms with E-state index in [1.165, 1.54) is 12.1 Å². The van der Waals surface area contributed by atoms with Gasteiger partial charge in [0, 0.05) is 25.0 Å². The van der Waals surface area contributed by atoms with Crippen LogP contribution < -0.4 is 10.6 Å². The van der Waals surface area contributed by atoms with Gasteiger partial charge in [0.25, 0.3) is 0 Å². The van der Waals surface area contributed by atoms with Gasteiger partial charge in [-0.25, -0.2) is 0 Å². The van der Waals surface area contributed by atoms with E-state index in [1.807, 2.05) is 12.1 Å². The largest absolute Gasteiger partial charge is 0.418 e. The lowest BCUT2D eigenvalue weighted by Crippen LogP contribution is -2.20. The van der Waals surface area contributed by atoms with Gasteiger partial charge in [-0.2, -0.15) is 13.2 Å². The van der Waals surface area contributed by atoms with Crippen LogP contribution in [0.5, 0.6) is 0 Å². The van der Waals surface area contributed by atoms with Crippen molar-refractivity contribution >= 4 is 11.4 Å². The fraction of sp³-hybridized carbons (Fsp3) is 0.200. The summed E-state index contributed by atoms with van der Waals surface area (Å²) in [4.78, 5) is 1.58. The molecule has 2 aromatic carbocycles. The first-order valence-corrected chi connectivity index (χ1v) is 6.09. The minimum Gasteiger partial charge on any atom is -0.399 e. The smallest absolute Gasteiger partial charge is 0.399 e. The van der Waals surface area contributed by atoms with Crippen molar-refractivity contribution < 1.29 is 13.2 Å². The Kier molecular flexibility index (Phi) is 3.88. The van der Waals surface area contributed by atoms with Gasteiger partial charge >= 0.3 is 6.18 Å². The molecular formula is C15H15F3N2. The van der Waals surface area contributed by atoms with E-state index in [-0.39, 0.29) is 5.69 Å². The number of hydrogen-bond acceptors (Lipinski definition) is 2. The lowest BCUT2D eigenvalue weighted by Gasteiger charge is -2.23. The summed E-state index contributed by atoms with van der Waals surface area (Å²) in [7, 11) is 1.64. The third kappa shape index (κ3) is 3.23. The Labute approximate surface area is 115 Å². The predicted molar refractivity (Wildman–Crippen MR) is 74.4 cm³/mol. The summed E-state index contributed by atoms with van der Waals surface area (Å²) >= 11 is 0. The number of hydrogen-bond donors (Lipinski definition) is 1. The maximum absolute atomic E-state index is 13.0. The van der Waals surface area contributed by atoms with Gasteiger partial charge in [-0.05, 0) is 29.8 Å². The van der Waals surface area contributed by atoms with Gasteiger partial charge in [-0.15, -0.1) is 0 Å². The Bertz CT molecular complexity index is 576. The Balaban J connectivity index is 2.25. The molecule has 0 unspecified atom stereocenters. The number of nitrogens with zero attached hydrogens (tertiary/aromatic N) is 1. The van der Waals surface area contributed by atoms with E-state index in [0.717, 1.165) is 11.6 Å². The van der Waals surface area contributed by atoms with E-state index in [4.69, 9.17) is 5.73 Å². The van der Waals surface area contributed by atoms with Gasteiger partial charge in [-0.3, -0.25) is 0 Å². The van der Waals surface area contributed by atoms with Crippen molar-refractivity contribution in [1.29, 1.82) is 0 Å². The second-order valence-electron chi connectivity index (χ2n) is 4.61. The molecule has 0 amide bonds. The molecule has 106 valence electrons. The molecule has 0 heterocycles. The fourth-order valence-corrected chi connectivity index (χ4v) is 2.03. The summed E-state index contributed by atoms with van der Waals surface area (Å²) in [5.74, 6) is 0. The van der Waals surface area contributed by atoms with Crippen molar-refractivity contribution in [2.24, 2.45) is 0 Å². The SMILES string of the molecule is CN(Cc1ccc(N)cc1)c1ccccc1C(F)(F)F. The van der Waals surface area contributed by atoms with Gasteiger partial charge in [0.2, 0.25) is 0 Å². The molecule has 20 heavy (non-hydrogen) atoms. The van der Waals surface area contributed by atoms with Crippen molar-refractivity contribution in [1.82, 2.24) is 0 Å². The Hall–Kier alpha value is -2.17. The number of anilines is 2. The minimum absolute atomic E-state index is 0.164. The summed E-state index contributed by atoms with van der Waals surface area (Å²) in [6.45, 7) is 0.382. The molecule has 2 nitrogen and oxygen atoms in total. The molecule has 0 saturated carbocycles. The van der Waals surface area contributed by atoms with Crippen LogP contribution in [0.3, 0.4) is 0 Å². The monoisotopic (exact) mass is 280 g/mol. The normalized spacial score (nSPS) is 11.4. The maximum atomic E-state index is 13.0. The van der Waals surface area contributed by atoms with Crippen molar-refractivity contribution in [2.75, 3.05) is 17.7 Å². The van der Waals surface area contributed by atoms with Crippen LogP contribution in [0.15, 0.2) is 48.5 Å². The third-order valence-corrected chi connectivity index (χ3v) is 3.02. The van der Waals surface area contributed by atoms with Crippen LogP contribution in [0, 0.1) is 0 Å². The van der Waals surface area contributed by atoms with Crippen LogP contribution in [-0.4, -0.2) is 7.05 Å². The number of rotatable bonds is 3. The lowest BCUT2D eigenvalue weighted by atomic mass is 10.1. The molecule has 0 aromatic heterocycles. The zero-order chi connectivity index (χ0) is 14.8. The van der Waals surface area contributed by atoms with E-state index in [2.05, 4.69) is 0 Å². The summed E-state index contributed by atoms with van der Waals surface area (Å²) < 4.78 is 38.9. The molecule has 0 atom stereocenters.